The van der Waals surface area contributed by atoms with Crippen molar-refractivity contribution in [1.29, 1.82) is 0 Å². The van der Waals surface area contributed by atoms with E-state index >= 15 is 0 Å². The number of hydrogen-bond acceptors (Lipinski definition) is 3. The Hall–Kier alpha value is -1.36. The molecule has 0 aromatic carbocycles. The molecule has 0 heterocycles. The number of carbonyl (C=O) groups is 2. The minimum atomic E-state index is -0.443. The highest BCUT2D eigenvalue weighted by atomic mass is 16.2. The van der Waals surface area contributed by atoms with Crippen LogP contribution in [0.15, 0.2) is 12.2 Å². The van der Waals surface area contributed by atoms with Gasteiger partial charge in [-0.25, -0.2) is 11.3 Å². The van der Waals surface area contributed by atoms with E-state index in [0.717, 1.165) is 24.4 Å². The second-order valence-electron chi connectivity index (χ2n) is 3.44. The topological polar surface area (TPSA) is 75.4 Å². The van der Waals surface area contributed by atoms with Crippen molar-refractivity contribution in [3.63, 3.8) is 0 Å². The van der Waals surface area contributed by atoms with Crippen LogP contribution < -0.4 is 11.3 Å². The molecule has 5 nitrogen and oxygen atoms in total. The zero-order valence-corrected chi connectivity index (χ0v) is 9.38. The summed E-state index contributed by atoms with van der Waals surface area (Å²) >= 11 is 0. The van der Waals surface area contributed by atoms with Crippen molar-refractivity contribution in [3.05, 3.63) is 12.2 Å². The lowest BCUT2D eigenvalue weighted by molar-refractivity contribution is -0.140. The van der Waals surface area contributed by atoms with Gasteiger partial charge >= 0.3 is 0 Å². The molecule has 0 aliphatic rings. The van der Waals surface area contributed by atoms with Crippen LogP contribution >= 0.6 is 0 Å². The molecular formula is C10H19N3O2. The molecule has 0 saturated heterocycles. The van der Waals surface area contributed by atoms with Crippen LogP contribution in [0.1, 0.15) is 39.5 Å². The van der Waals surface area contributed by atoms with Gasteiger partial charge in [-0.15, -0.1) is 0 Å². The fraction of sp³-hybridized carbons (Fsp3) is 0.600. The van der Waals surface area contributed by atoms with Crippen LogP contribution in [0.3, 0.4) is 0 Å². The summed E-state index contributed by atoms with van der Waals surface area (Å²) in [5.74, 6) is 4.61. The predicted molar refractivity (Wildman–Crippen MR) is 58.1 cm³/mol. The molecule has 0 saturated carbocycles. The smallest absolute Gasteiger partial charge is 0.266 e. The fourth-order valence-corrected chi connectivity index (χ4v) is 0.914. The van der Waals surface area contributed by atoms with Crippen LogP contribution in [0.5, 0.6) is 0 Å². The molecule has 0 atom stereocenters. The highest BCUT2D eigenvalue weighted by Gasteiger charge is 2.11. The van der Waals surface area contributed by atoms with Crippen molar-refractivity contribution >= 4 is 11.8 Å². The molecule has 0 aromatic rings. The van der Waals surface area contributed by atoms with Gasteiger partial charge in [-0.3, -0.25) is 9.59 Å². The second-order valence-corrected chi connectivity index (χ2v) is 3.44. The number of carbonyl (C=O) groups excluding carboxylic acids is 2. The van der Waals surface area contributed by atoms with E-state index in [2.05, 4.69) is 12.0 Å². The Kier molecular flexibility index (Phi) is 6.37. The number of unbranched alkanes of at least 4 members (excludes halogenated alkanes) is 2. The number of nitrogens with zero attached hydrogens (tertiary/aromatic N) is 1. The Balaban J connectivity index is 3.88. The maximum Gasteiger partial charge on any atom is 0.266 e. The van der Waals surface area contributed by atoms with Crippen LogP contribution in [0.4, 0.5) is 0 Å². The summed E-state index contributed by atoms with van der Waals surface area (Å²) in [5.41, 5.74) is 2.54. The van der Waals surface area contributed by atoms with Crippen LogP contribution in [-0.4, -0.2) is 16.9 Å². The van der Waals surface area contributed by atoms with Gasteiger partial charge in [-0.05, 0) is 13.3 Å². The largest absolute Gasteiger partial charge is 0.272 e. The third-order valence-corrected chi connectivity index (χ3v) is 1.87. The molecular weight excluding hydrogens is 194 g/mol. The number of nitrogens with two attached hydrogens (primary N) is 1. The van der Waals surface area contributed by atoms with E-state index < -0.39 is 5.91 Å². The standard InChI is InChI=1S/C10H19N3O2/c1-4-5-6-7-9(14)13(11)12-10(15)8(2)3/h2,4-7,11H2,1,3H3,(H,12,15). The summed E-state index contributed by atoms with van der Waals surface area (Å²) in [4.78, 5) is 22.4. The fourth-order valence-electron chi connectivity index (χ4n) is 0.914. The number of nitrogens with one attached hydrogen (secondary N) is 1. The summed E-state index contributed by atoms with van der Waals surface area (Å²) in [6.45, 7) is 7.03. The molecule has 0 aliphatic heterocycles. The minimum absolute atomic E-state index is 0.293. The van der Waals surface area contributed by atoms with Gasteiger partial charge in [0.25, 0.3) is 11.8 Å². The summed E-state index contributed by atoms with van der Waals surface area (Å²) < 4.78 is 0. The SMILES string of the molecule is C=C(C)C(=O)NN(N)C(=O)CCCCC. The van der Waals surface area contributed by atoms with E-state index in [0.29, 0.717) is 12.0 Å². The lowest BCUT2D eigenvalue weighted by Gasteiger charge is -2.17. The summed E-state index contributed by atoms with van der Waals surface area (Å²) in [6, 6.07) is 0. The summed E-state index contributed by atoms with van der Waals surface area (Å²) in [5, 5.41) is 0.729. The quantitative estimate of drug-likeness (QED) is 0.234. The third-order valence-electron chi connectivity index (χ3n) is 1.87. The van der Waals surface area contributed by atoms with Crippen molar-refractivity contribution in [2.45, 2.75) is 39.5 Å². The molecule has 0 fully saturated rings. The van der Waals surface area contributed by atoms with Crippen LogP contribution in [0.25, 0.3) is 0 Å². The Bertz CT molecular complexity index is 251. The Morgan fingerprint density at radius 3 is 2.47 bits per heavy atom. The Morgan fingerprint density at radius 1 is 1.40 bits per heavy atom. The van der Waals surface area contributed by atoms with Gasteiger partial charge in [0.05, 0.1) is 0 Å². The van der Waals surface area contributed by atoms with Crippen LogP contribution in [0.2, 0.25) is 0 Å². The molecule has 86 valence electrons. The van der Waals surface area contributed by atoms with E-state index in [1.807, 2.05) is 6.92 Å². The molecule has 0 aliphatic carbocycles. The average molecular weight is 213 g/mol. The molecule has 15 heavy (non-hydrogen) atoms. The number of hydrogen-bond donors (Lipinski definition) is 2. The van der Waals surface area contributed by atoms with E-state index in [4.69, 9.17) is 5.84 Å². The van der Waals surface area contributed by atoms with Gasteiger partial charge in [-0.1, -0.05) is 26.3 Å². The molecule has 0 rings (SSSR count). The van der Waals surface area contributed by atoms with Gasteiger partial charge in [0.1, 0.15) is 0 Å². The molecule has 2 amide bonds. The highest BCUT2D eigenvalue weighted by Crippen LogP contribution is 2.00. The minimum Gasteiger partial charge on any atom is -0.272 e. The molecule has 0 radical (unpaired) electrons. The maximum absolute atomic E-state index is 11.3. The van der Waals surface area contributed by atoms with Gasteiger partial charge in [0, 0.05) is 12.0 Å². The molecule has 0 aromatic heterocycles. The van der Waals surface area contributed by atoms with Crippen LogP contribution in [-0.2, 0) is 9.59 Å². The first-order chi connectivity index (χ1) is 6.99. The first-order valence-electron chi connectivity index (χ1n) is 5.03. The first-order valence-corrected chi connectivity index (χ1v) is 5.03. The van der Waals surface area contributed by atoms with Crippen molar-refractivity contribution in [2.75, 3.05) is 0 Å². The van der Waals surface area contributed by atoms with Crippen LogP contribution in [0, 0.1) is 0 Å². The molecule has 5 heteroatoms. The zero-order valence-electron chi connectivity index (χ0n) is 9.38. The van der Waals surface area contributed by atoms with E-state index in [1.165, 1.54) is 0 Å². The molecule has 3 N–H and O–H groups in total. The van der Waals surface area contributed by atoms with E-state index in [9.17, 15) is 9.59 Å². The highest BCUT2D eigenvalue weighted by molar-refractivity contribution is 5.93. The zero-order chi connectivity index (χ0) is 11.8. The molecule has 0 bridgehead atoms. The average Bonchev–Trinajstić information content (AvgIpc) is 2.17. The van der Waals surface area contributed by atoms with Crippen molar-refractivity contribution in [1.82, 2.24) is 10.5 Å². The predicted octanol–water partition coefficient (Wildman–Crippen LogP) is 0.876. The van der Waals surface area contributed by atoms with E-state index in [-0.39, 0.29) is 5.91 Å². The maximum atomic E-state index is 11.3. The van der Waals surface area contributed by atoms with E-state index in [1.54, 1.807) is 6.92 Å². The van der Waals surface area contributed by atoms with Crippen molar-refractivity contribution in [2.24, 2.45) is 5.84 Å². The normalized spacial score (nSPS) is 9.53. The summed E-state index contributed by atoms with van der Waals surface area (Å²) in [7, 11) is 0. The third kappa shape index (κ3) is 5.85. The lowest BCUT2D eigenvalue weighted by atomic mass is 10.2. The van der Waals surface area contributed by atoms with Gasteiger partial charge in [0.15, 0.2) is 0 Å². The lowest BCUT2D eigenvalue weighted by Crippen LogP contribution is -2.50. The Morgan fingerprint density at radius 2 is 2.00 bits per heavy atom. The Labute approximate surface area is 90.2 Å². The molecule has 0 spiro atoms. The van der Waals surface area contributed by atoms with Gasteiger partial charge in [-0.2, -0.15) is 5.12 Å². The van der Waals surface area contributed by atoms with Crippen molar-refractivity contribution < 1.29 is 9.59 Å². The number of hydrazine groups is 2. The number of rotatable bonds is 5. The van der Waals surface area contributed by atoms with Crippen molar-refractivity contribution in [3.8, 4) is 0 Å². The first kappa shape index (κ1) is 13.6. The molecule has 0 unspecified atom stereocenters. The van der Waals surface area contributed by atoms with Gasteiger partial charge in [0.2, 0.25) is 0 Å². The second kappa shape index (κ2) is 7.00. The monoisotopic (exact) mass is 213 g/mol. The van der Waals surface area contributed by atoms with Gasteiger partial charge < -0.3 is 0 Å². The summed E-state index contributed by atoms with van der Waals surface area (Å²) in [6.07, 6.45) is 3.15. The number of amides is 2.